The minimum atomic E-state index is -0.370. The predicted octanol–water partition coefficient (Wildman–Crippen LogP) is 3.47. The van der Waals surface area contributed by atoms with Gasteiger partial charge in [0.2, 0.25) is 5.91 Å². The van der Waals surface area contributed by atoms with E-state index in [1.165, 1.54) is 7.11 Å². The fraction of sp³-hybridized carbons (Fsp3) is 0.355. The van der Waals surface area contributed by atoms with Crippen molar-refractivity contribution in [3.8, 4) is 11.5 Å². The van der Waals surface area contributed by atoms with E-state index in [9.17, 15) is 14.4 Å². The van der Waals surface area contributed by atoms with E-state index in [0.29, 0.717) is 47.7 Å². The highest BCUT2D eigenvalue weighted by molar-refractivity contribution is 6.07. The molecule has 10 nitrogen and oxygen atoms in total. The molecule has 0 aliphatic carbocycles. The zero-order chi connectivity index (χ0) is 28.8. The maximum Gasteiger partial charge on any atom is 0.259 e. The Morgan fingerprint density at radius 3 is 2.71 bits per heavy atom. The number of aromatic nitrogens is 1. The van der Waals surface area contributed by atoms with E-state index in [0.717, 1.165) is 12.0 Å². The van der Waals surface area contributed by atoms with Crippen molar-refractivity contribution in [1.82, 2.24) is 15.2 Å². The summed E-state index contributed by atoms with van der Waals surface area (Å²) in [5, 5.41) is 5.81. The lowest BCUT2D eigenvalue weighted by atomic mass is 9.94. The third-order valence-electron chi connectivity index (χ3n) is 7.52. The molecule has 3 aromatic rings. The van der Waals surface area contributed by atoms with E-state index in [1.807, 2.05) is 12.1 Å². The molecule has 0 radical (unpaired) electrons. The van der Waals surface area contributed by atoms with Crippen molar-refractivity contribution in [3.05, 3.63) is 83.7 Å². The predicted molar refractivity (Wildman–Crippen MR) is 152 cm³/mol. The van der Waals surface area contributed by atoms with E-state index in [1.54, 1.807) is 66.8 Å². The molecule has 3 heterocycles. The van der Waals surface area contributed by atoms with Crippen molar-refractivity contribution < 1.29 is 28.6 Å². The number of carbonyl (C=O) groups is 3. The number of likely N-dealkylation sites (N-methyl/N-ethyl adjacent to an activating group) is 1. The number of nitrogens with one attached hydrogen (secondary N) is 2. The second-order valence-corrected chi connectivity index (χ2v) is 10.2. The first-order valence-electron chi connectivity index (χ1n) is 13.7. The summed E-state index contributed by atoms with van der Waals surface area (Å²) in [5.74, 6) is 0.239. The Balaban J connectivity index is 1.20. The van der Waals surface area contributed by atoms with Crippen LogP contribution in [0.25, 0.3) is 0 Å². The van der Waals surface area contributed by atoms with Gasteiger partial charge in [0, 0.05) is 31.7 Å². The normalized spacial score (nSPS) is 20.0. The van der Waals surface area contributed by atoms with E-state index in [-0.39, 0.29) is 49.0 Å². The number of hydrogen-bond donors (Lipinski definition) is 2. The molecule has 1 fully saturated rings. The summed E-state index contributed by atoms with van der Waals surface area (Å²) in [5.41, 5.74) is 2.33. The van der Waals surface area contributed by atoms with Gasteiger partial charge >= 0.3 is 0 Å². The maximum atomic E-state index is 13.5. The molecule has 214 valence electrons. The molecule has 0 saturated carbocycles. The monoisotopic (exact) mass is 558 g/mol. The molecular formula is C31H34N4O6. The molecule has 1 saturated heterocycles. The second-order valence-electron chi connectivity index (χ2n) is 10.2. The average molecular weight is 559 g/mol. The number of rotatable bonds is 8. The van der Waals surface area contributed by atoms with Crippen LogP contribution in [-0.4, -0.2) is 73.2 Å². The molecule has 41 heavy (non-hydrogen) atoms. The molecule has 2 aromatic carbocycles. The Morgan fingerprint density at radius 2 is 1.90 bits per heavy atom. The number of anilines is 1. The lowest BCUT2D eigenvalue weighted by molar-refractivity contribution is -0.134. The van der Waals surface area contributed by atoms with Crippen LogP contribution in [0.2, 0.25) is 0 Å². The summed E-state index contributed by atoms with van der Waals surface area (Å²) in [4.78, 5) is 44.7. The van der Waals surface area contributed by atoms with Crippen LogP contribution >= 0.6 is 0 Å². The molecule has 0 bridgehead atoms. The van der Waals surface area contributed by atoms with Gasteiger partial charge in [-0.2, -0.15) is 0 Å². The smallest absolute Gasteiger partial charge is 0.259 e. The standard InChI is InChI=1S/C31H34N4O6/c1-35-25-9-8-22(18-29(36)33-16-13-20-11-14-32-15-12-20)41-28(25)19-40-27-10-7-21(17-24(27)31(35)38)34-30(37)23-5-3-4-6-26(23)39-2/h3-7,10-12,14-15,17,22,25,28H,8-9,13,16,18-19H2,1-2H3,(H,33,36)(H,34,37)/t22-,25+,28+/m0/s1. The number of amides is 3. The van der Waals surface area contributed by atoms with Gasteiger partial charge in [0.05, 0.1) is 36.8 Å². The number of methoxy groups -OCH3 is 1. The van der Waals surface area contributed by atoms with Gasteiger partial charge in [-0.3, -0.25) is 19.4 Å². The van der Waals surface area contributed by atoms with Crippen LogP contribution in [0.3, 0.4) is 0 Å². The minimum Gasteiger partial charge on any atom is -0.496 e. The van der Waals surface area contributed by atoms with Gasteiger partial charge in [0.15, 0.2) is 0 Å². The van der Waals surface area contributed by atoms with E-state index in [2.05, 4.69) is 15.6 Å². The average Bonchev–Trinajstić information content (AvgIpc) is 2.99. The number of benzene rings is 2. The van der Waals surface area contributed by atoms with Crippen molar-refractivity contribution in [2.75, 3.05) is 32.6 Å². The van der Waals surface area contributed by atoms with Crippen molar-refractivity contribution in [1.29, 1.82) is 0 Å². The van der Waals surface area contributed by atoms with Gasteiger partial charge in [0.1, 0.15) is 24.2 Å². The molecule has 0 unspecified atom stereocenters. The van der Waals surface area contributed by atoms with Crippen LogP contribution in [0.15, 0.2) is 67.0 Å². The molecule has 2 aliphatic rings. The summed E-state index contributed by atoms with van der Waals surface area (Å²) >= 11 is 0. The second kappa shape index (κ2) is 12.8. The fourth-order valence-electron chi connectivity index (χ4n) is 5.31. The number of carbonyl (C=O) groups excluding carboxylic acids is 3. The molecule has 3 atom stereocenters. The Morgan fingerprint density at radius 1 is 1.10 bits per heavy atom. The number of ether oxygens (including phenoxy) is 3. The Labute approximate surface area is 239 Å². The number of fused-ring (bicyclic) bond motifs is 2. The van der Waals surface area contributed by atoms with E-state index in [4.69, 9.17) is 14.2 Å². The van der Waals surface area contributed by atoms with E-state index >= 15 is 0 Å². The summed E-state index contributed by atoms with van der Waals surface area (Å²) in [7, 11) is 3.26. The van der Waals surface area contributed by atoms with Gasteiger partial charge in [-0.05, 0) is 67.3 Å². The molecule has 3 amide bonds. The maximum absolute atomic E-state index is 13.5. The minimum absolute atomic E-state index is 0.0632. The van der Waals surface area contributed by atoms with Gasteiger partial charge < -0.3 is 29.7 Å². The molecule has 0 spiro atoms. The van der Waals surface area contributed by atoms with Crippen molar-refractivity contribution in [2.24, 2.45) is 0 Å². The van der Waals surface area contributed by atoms with Crippen LogP contribution in [0, 0.1) is 0 Å². The molecule has 1 aromatic heterocycles. The number of pyridine rings is 1. The van der Waals surface area contributed by atoms with Crippen LogP contribution in [0.4, 0.5) is 5.69 Å². The van der Waals surface area contributed by atoms with Gasteiger partial charge in [-0.1, -0.05) is 12.1 Å². The number of nitrogens with zero attached hydrogens (tertiary/aromatic N) is 2. The zero-order valence-corrected chi connectivity index (χ0v) is 23.2. The van der Waals surface area contributed by atoms with Gasteiger partial charge in [-0.15, -0.1) is 0 Å². The summed E-state index contributed by atoms with van der Waals surface area (Å²) in [6, 6.07) is 15.6. The molecule has 10 heteroatoms. The third-order valence-corrected chi connectivity index (χ3v) is 7.52. The van der Waals surface area contributed by atoms with Crippen molar-refractivity contribution in [3.63, 3.8) is 0 Å². The van der Waals surface area contributed by atoms with Crippen LogP contribution in [-0.2, 0) is 16.0 Å². The van der Waals surface area contributed by atoms with Crippen LogP contribution < -0.4 is 20.1 Å². The highest BCUT2D eigenvalue weighted by Gasteiger charge is 2.39. The summed E-state index contributed by atoms with van der Waals surface area (Å²) in [6.45, 7) is 0.780. The largest absolute Gasteiger partial charge is 0.496 e. The summed E-state index contributed by atoms with van der Waals surface area (Å²) < 4.78 is 17.6. The third kappa shape index (κ3) is 6.66. The topological polar surface area (TPSA) is 119 Å². The first-order chi connectivity index (χ1) is 19.9. The number of hydrogen-bond acceptors (Lipinski definition) is 7. The SMILES string of the molecule is COc1ccccc1C(=O)Nc1ccc2c(c1)C(=O)N(C)[C@@H]1CC[C@@H](CC(=O)NCCc3ccncc3)O[C@@H]1CO2. The zero-order valence-electron chi connectivity index (χ0n) is 23.2. The lowest BCUT2D eigenvalue weighted by Gasteiger charge is -2.42. The van der Waals surface area contributed by atoms with Gasteiger partial charge in [0.25, 0.3) is 11.8 Å². The highest BCUT2D eigenvalue weighted by atomic mass is 16.5. The van der Waals surface area contributed by atoms with Crippen molar-refractivity contribution >= 4 is 23.4 Å². The quantitative estimate of drug-likeness (QED) is 0.435. The van der Waals surface area contributed by atoms with Crippen molar-refractivity contribution in [2.45, 2.75) is 43.9 Å². The fourth-order valence-corrected chi connectivity index (χ4v) is 5.31. The van der Waals surface area contributed by atoms with E-state index < -0.39 is 0 Å². The summed E-state index contributed by atoms with van der Waals surface area (Å²) in [6.07, 6.45) is 5.17. The first-order valence-corrected chi connectivity index (χ1v) is 13.7. The van der Waals surface area contributed by atoms with Crippen LogP contribution in [0.1, 0.15) is 45.5 Å². The Kier molecular flexibility index (Phi) is 8.79. The Hall–Kier alpha value is -4.44. The molecule has 2 aliphatic heterocycles. The lowest BCUT2D eigenvalue weighted by Crippen LogP contribution is -2.54. The number of para-hydroxylation sites is 1. The van der Waals surface area contributed by atoms with Crippen LogP contribution in [0.5, 0.6) is 11.5 Å². The first kappa shape index (κ1) is 28.1. The molecule has 2 N–H and O–H groups in total. The van der Waals surface area contributed by atoms with Gasteiger partial charge in [-0.25, -0.2) is 0 Å². The molecular weight excluding hydrogens is 524 g/mol. The highest BCUT2D eigenvalue weighted by Crippen LogP contribution is 2.33. The Bertz CT molecular complexity index is 1400. The molecule has 5 rings (SSSR count).